The van der Waals surface area contributed by atoms with Crippen molar-refractivity contribution in [3.63, 3.8) is 0 Å². The number of urea groups is 1. The van der Waals surface area contributed by atoms with Crippen molar-refractivity contribution in [2.45, 2.75) is 44.9 Å². The van der Waals surface area contributed by atoms with Gasteiger partial charge in [-0.15, -0.1) is 10.2 Å². The number of aromatic nitrogens is 3. The summed E-state index contributed by atoms with van der Waals surface area (Å²) in [6.07, 6.45) is -0.739. The first-order valence-corrected chi connectivity index (χ1v) is 10.7. The average molecular weight is 482 g/mol. The van der Waals surface area contributed by atoms with E-state index in [0.717, 1.165) is 49.7 Å². The van der Waals surface area contributed by atoms with Gasteiger partial charge < -0.3 is 9.88 Å². The van der Waals surface area contributed by atoms with Gasteiger partial charge >= 0.3 is 12.2 Å². The second-order valence-electron chi connectivity index (χ2n) is 7.68. The molecule has 3 aromatic rings. The van der Waals surface area contributed by atoms with Crippen LogP contribution in [0.4, 0.5) is 33.7 Å². The normalized spacial score (nSPS) is 13.8. The Kier molecular flexibility index (Phi) is 6.55. The number of alkyl halides is 3. The largest absolute Gasteiger partial charge is 0.416 e. The minimum atomic E-state index is -4.50. The Hall–Kier alpha value is -3.14. The summed E-state index contributed by atoms with van der Waals surface area (Å²) in [7, 11) is 0. The molecule has 0 unspecified atom stereocenters. The van der Waals surface area contributed by atoms with E-state index in [-0.39, 0.29) is 22.9 Å². The fourth-order valence-corrected chi connectivity index (χ4v) is 3.86. The SMILES string of the molecule is O=C(Nc1ccc(F)c(Cl)c1)N(Cc1nnc2n1CCCCC2)c1ccc(C(F)(F)F)cc1. The number of fused-ring (bicyclic) bond motifs is 1. The first-order chi connectivity index (χ1) is 15.7. The summed E-state index contributed by atoms with van der Waals surface area (Å²) in [4.78, 5) is 14.4. The number of carbonyl (C=O) groups is 1. The molecule has 1 aromatic heterocycles. The third-order valence-corrected chi connectivity index (χ3v) is 5.70. The van der Waals surface area contributed by atoms with Gasteiger partial charge in [0.2, 0.25) is 0 Å². The topological polar surface area (TPSA) is 63.1 Å². The maximum Gasteiger partial charge on any atom is 0.416 e. The summed E-state index contributed by atoms with van der Waals surface area (Å²) in [6.45, 7) is 0.687. The highest BCUT2D eigenvalue weighted by molar-refractivity contribution is 6.31. The summed E-state index contributed by atoms with van der Waals surface area (Å²) in [6, 6.07) is 7.33. The molecule has 0 atom stereocenters. The van der Waals surface area contributed by atoms with Crippen LogP contribution in [0.15, 0.2) is 42.5 Å². The standard InChI is InChI=1S/C22H20ClF4N5O/c23-17-12-15(7-10-18(17)24)28-21(33)32(16-8-5-14(6-9-16)22(25,26)27)13-20-30-29-19-4-2-1-3-11-31(19)20/h5-10,12H,1-4,11,13H2,(H,28,33). The minimum absolute atomic E-state index is 0.0148. The number of benzene rings is 2. The van der Waals surface area contributed by atoms with Crippen molar-refractivity contribution in [3.8, 4) is 0 Å². The summed E-state index contributed by atoms with van der Waals surface area (Å²) in [5.41, 5.74) is -0.351. The highest BCUT2D eigenvalue weighted by Gasteiger charge is 2.31. The quantitative estimate of drug-likeness (QED) is 0.461. The number of anilines is 2. The number of amides is 2. The van der Waals surface area contributed by atoms with E-state index in [9.17, 15) is 22.4 Å². The van der Waals surface area contributed by atoms with Crippen molar-refractivity contribution in [3.05, 3.63) is 70.5 Å². The Labute approximate surface area is 192 Å². The predicted molar refractivity (Wildman–Crippen MR) is 116 cm³/mol. The minimum Gasteiger partial charge on any atom is -0.313 e. The number of carbonyl (C=O) groups excluding carboxylic acids is 1. The Bertz CT molecular complexity index is 1150. The summed E-state index contributed by atoms with van der Waals surface area (Å²) >= 11 is 5.80. The molecule has 0 radical (unpaired) electrons. The van der Waals surface area contributed by atoms with Crippen LogP contribution in [-0.4, -0.2) is 20.8 Å². The molecule has 0 fully saturated rings. The Balaban J connectivity index is 1.65. The molecule has 1 aliphatic rings. The van der Waals surface area contributed by atoms with Crippen LogP contribution < -0.4 is 10.2 Å². The fraction of sp³-hybridized carbons (Fsp3) is 0.318. The molecule has 2 aromatic carbocycles. The number of halogens is 5. The number of rotatable bonds is 4. The molecule has 0 aliphatic carbocycles. The Morgan fingerprint density at radius 1 is 1.09 bits per heavy atom. The summed E-state index contributed by atoms with van der Waals surface area (Å²) < 4.78 is 54.5. The molecule has 4 rings (SSSR count). The lowest BCUT2D eigenvalue weighted by Crippen LogP contribution is -2.35. The summed E-state index contributed by atoms with van der Waals surface area (Å²) in [5.74, 6) is 0.708. The molecule has 1 N–H and O–H groups in total. The van der Waals surface area contributed by atoms with Crippen molar-refractivity contribution >= 4 is 29.0 Å². The first kappa shape index (κ1) is 23.0. The van der Waals surface area contributed by atoms with Crippen LogP contribution in [0.3, 0.4) is 0 Å². The molecule has 1 aliphatic heterocycles. The van der Waals surface area contributed by atoms with Gasteiger partial charge in [0, 0.05) is 24.3 Å². The zero-order valence-corrected chi connectivity index (χ0v) is 18.1. The van der Waals surface area contributed by atoms with Crippen LogP contribution in [0.1, 0.15) is 36.5 Å². The van der Waals surface area contributed by atoms with Gasteiger partial charge in [-0.25, -0.2) is 9.18 Å². The molecule has 174 valence electrons. The molecule has 11 heteroatoms. The van der Waals surface area contributed by atoms with E-state index in [1.54, 1.807) is 0 Å². The maximum atomic E-state index is 13.5. The van der Waals surface area contributed by atoms with Crippen molar-refractivity contribution in [2.75, 3.05) is 10.2 Å². The van der Waals surface area contributed by atoms with Crippen molar-refractivity contribution < 1.29 is 22.4 Å². The van der Waals surface area contributed by atoms with E-state index in [1.807, 2.05) is 4.57 Å². The van der Waals surface area contributed by atoms with Gasteiger partial charge in [0.1, 0.15) is 11.6 Å². The lowest BCUT2D eigenvalue weighted by Gasteiger charge is -2.24. The number of aryl methyl sites for hydroxylation is 1. The lowest BCUT2D eigenvalue weighted by atomic mass is 10.2. The lowest BCUT2D eigenvalue weighted by molar-refractivity contribution is -0.137. The van der Waals surface area contributed by atoms with Gasteiger partial charge in [0.25, 0.3) is 0 Å². The molecule has 0 saturated heterocycles. The number of nitrogens with one attached hydrogen (secondary N) is 1. The monoisotopic (exact) mass is 481 g/mol. The van der Waals surface area contributed by atoms with E-state index in [4.69, 9.17) is 11.6 Å². The number of hydrogen-bond acceptors (Lipinski definition) is 3. The third kappa shape index (κ3) is 5.27. The second-order valence-corrected chi connectivity index (χ2v) is 8.09. The van der Waals surface area contributed by atoms with Crippen LogP contribution in [-0.2, 0) is 25.7 Å². The number of nitrogens with zero attached hydrogens (tertiary/aromatic N) is 4. The summed E-state index contributed by atoms with van der Waals surface area (Å²) in [5, 5.41) is 10.9. The molecule has 6 nitrogen and oxygen atoms in total. The fourth-order valence-electron chi connectivity index (χ4n) is 3.68. The van der Waals surface area contributed by atoms with Gasteiger partial charge in [-0.2, -0.15) is 13.2 Å². The van der Waals surface area contributed by atoms with Gasteiger partial charge in [-0.3, -0.25) is 4.90 Å². The van der Waals surface area contributed by atoms with Gasteiger partial charge in [-0.1, -0.05) is 18.0 Å². The smallest absolute Gasteiger partial charge is 0.313 e. The molecule has 2 amide bonds. The maximum absolute atomic E-state index is 13.5. The van der Waals surface area contributed by atoms with Crippen LogP contribution in [0.25, 0.3) is 0 Å². The van der Waals surface area contributed by atoms with Gasteiger partial charge in [0.15, 0.2) is 5.82 Å². The van der Waals surface area contributed by atoms with E-state index >= 15 is 0 Å². The van der Waals surface area contributed by atoms with Crippen molar-refractivity contribution in [1.29, 1.82) is 0 Å². The Morgan fingerprint density at radius 3 is 2.55 bits per heavy atom. The second kappa shape index (κ2) is 9.38. The molecule has 0 bridgehead atoms. The highest BCUT2D eigenvalue weighted by atomic mass is 35.5. The van der Waals surface area contributed by atoms with E-state index in [0.29, 0.717) is 12.4 Å². The predicted octanol–water partition coefficient (Wildman–Crippen LogP) is 6.05. The van der Waals surface area contributed by atoms with Crippen LogP contribution in [0.5, 0.6) is 0 Å². The zero-order chi connectivity index (χ0) is 23.6. The molecule has 33 heavy (non-hydrogen) atoms. The van der Waals surface area contributed by atoms with Crippen molar-refractivity contribution in [2.24, 2.45) is 0 Å². The Morgan fingerprint density at radius 2 is 1.85 bits per heavy atom. The van der Waals surface area contributed by atoms with Gasteiger partial charge in [0.05, 0.1) is 17.1 Å². The first-order valence-electron chi connectivity index (χ1n) is 10.3. The third-order valence-electron chi connectivity index (χ3n) is 5.41. The van der Waals surface area contributed by atoms with Gasteiger partial charge in [-0.05, 0) is 55.3 Å². The molecule has 0 spiro atoms. The molecular weight excluding hydrogens is 462 g/mol. The van der Waals surface area contributed by atoms with Crippen LogP contribution in [0, 0.1) is 5.82 Å². The molecular formula is C22H20ClF4N5O. The highest BCUT2D eigenvalue weighted by Crippen LogP contribution is 2.31. The van der Waals surface area contributed by atoms with E-state index in [2.05, 4.69) is 15.5 Å². The molecule has 0 saturated carbocycles. The van der Waals surface area contributed by atoms with Crippen molar-refractivity contribution in [1.82, 2.24) is 14.8 Å². The van der Waals surface area contributed by atoms with Crippen LogP contribution in [0.2, 0.25) is 5.02 Å². The van der Waals surface area contributed by atoms with E-state index < -0.39 is 23.6 Å². The van der Waals surface area contributed by atoms with Crippen LogP contribution >= 0.6 is 11.6 Å². The number of hydrogen-bond donors (Lipinski definition) is 1. The molecule has 2 heterocycles. The van der Waals surface area contributed by atoms with E-state index in [1.165, 1.54) is 29.2 Å². The zero-order valence-electron chi connectivity index (χ0n) is 17.4. The average Bonchev–Trinajstić information content (AvgIpc) is 2.99.